The lowest BCUT2D eigenvalue weighted by molar-refractivity contribution is 0.0983. The molecule has 1 atom stereocenters. The minimum Gasteiger partial charge on any atom is -0.490 e. The van der Waals surface area contributed by atoms with E-state index in [1.165, 1.54) is 0 Å². The normalized spacial score (nSPS) is 18.6. The van der Waals surface area contributed by atoms with Crippen molar-refractivity contribution in [3.63, 3.8) is 0 Å². The lowest BCUT2D eigenvalue weighted by Crippen LogP contribution is -2.08. The summed E-state index contributed by atoms with van der Waals surface area (Å²) in [5.41, 5.74) is 0.667. The Morgan fingerprint density at radius 1 is 1.53 bits per heavy atom. The van der Waals surface area contributed by atoms with Crippen LogP contribution in [0.1, 0.15) is 23.7 Å². The second kappa shape index (κ2) is 4.45. The number of benzene rings is 1. The first kappa shape index (κ1) is 10.2. The van der Waals surface area contributed by atoms with E-state index in [1.54, 1.807) is 6.07 Å². The summed E-state index contributed by atoms with van der Waals surface area (Å²) < 4.78 is 10.6. The van der Waals surface area contributed by atoms with Crippen molar-refractivity contribution < 1.29 is 14.3 Å². The largest absolute Gasteiger partial charge is 0.490 e. The van der Waals surface area contributed by atoms with Crippen molar-refractivity contribution in [3.8, 4) is 5.75 Å². The molecule has 1 aliphatic rings. The van der Waals surface area contributed by atoms with Crippen LogP contribution in [0.3, 0.4) is 0 Å². The summed E-state index contributed by atoms with van der Waals surface area (Å²) in [7, 11) is 0. The Balaban J connectivity index is 2.09. The van der Waals surface area contributed by atoms with E-state index < -0.39 is 0 Å². The van der Waals surface area contributed by atoms with Gasteiger partial charge in [0.25, 0.3) is 0 Å². The number of para-hydroxylation sites is 1. The Morgan fingerprint density at radius 2 is 2.27 bits per heavy atom. The highest BCUT2D eigenvalue weighted by Gasteiger charge is 2.23. The van der Waals surface area contributed by atoms with Crippen LogP contribution in [0.2, 0.25) is 0 Å². The molecule has 1 unspecified atom stereocenters. The zero-order valence-electron chi connectivity index (χ0n) is 8.73. The van der Waals surface area contributed by atoms with Crippen molar-refractivity contribution in [3.05, 3.63) is 29.8 Å². The number of Topliss-reactive ketones (excluding diaryl/α,β-unsaturated/α-hetero) is 1. The lowest BCUT2D eigenvalue weighted by Gasteiger charge is -2.08. The van der Waals surface area contributed by atoms with Crippen molar-refractivity contribution in [2.45, 2.75) is 19.4 Å². The van der Waals surface area contributed by atoms with Crippen LogP contribution in [-0.4, -0.2) is 25.1 Å². The van der Waals surface area contributed by atoms with Gasteiger partial charge in [-0.15, -0.1) is 0 Å². The molecule has 1 saturated heterocycles. The summed E-state index contributed by atoms with van der Waals surface area (Å²) in [6, 6.07) is 7.35. The predicted octanol–water partition coefficient (Wildman–Crippen LogP) is 2.06. The van der Waals surface area contributed by atoms with Crippen LogP contribution in [-0.2, 0) is 4.74 Å². The Labute approximate surface area is 89.0 Å². The number of hydrogen-bond donors (Lipinski definition) is 0. The van der Waals surface area contributed by atoms with Crippen LogP contribution in [0.25, 0.3) is 0 Å². The highest BCUT2D eigenvalue weighted by atomic mass is 16.6. The molecule has 0 spiro atoms. The molecule has 15 heavy (non-hydrogen) atoms. The van der Waals surface area contributed by atoms with Gasteiger partial charge < -0.3 is 9.47 Å². The van der Waals surface area contributed by atoms with Crippen LogP contribution in [0.5, 0.6) is 5.75 Å². The Hall–Kier alpha value is -1.35. The van der Waals surface area contributed by atoms with Gasteiger partial charge >= 0.3 is 0 Å². The number of carbonyl (C=O) groups is 1. The fourth-order valence-corrected chi connectivity index (χ4v) is 1.36. The van der Waals surface area contributed by atoms with E-state index in [-0.39, 0.29) is 11.9 Å². The van der Waals surface area contributed by atoms with Gasteiger partial charge in [-0.2, -0.15) is 0 Å². The molecule has 0 aromatic heterocycles. The van der Waals surface area contributed by atoms with Gasteiger partial charge in [0.2, 0.25) is 0 Å². The maximum Gasteiger partial charge on any atom is 0.166 e. The fraction of sp³-hybridized carbons (Fsp3) is 0.417. The fourth-order valence-electron chi connectivity index (χ4n) is 1.36. The molecule has 0 amide bonds. The van der Waals surface area contributed by atoms with Crippen LogP contribution in [0.4, 0.5) is 0 Å². The van der Waals surface area contributed by atoms with Crippen LogP contribution < -0.4 is 4.74 Å². The molecular formula is C12H14O3. The third-order valence-electron chi connectivity index (χ3n) is 2.34. The van der Waals surface area contributed by atoms with Crippen molar-refractivity contribution in [1.29, 1.82) is 0 Å². The maximum absolute atomic E-state index is 11.6. The van der Waals surface area contributed by atoms with Gasteiger partial charge in [0.05, 0.1) is 12.2 Å². The van der Waals surface area contributed by atoms with Crippen LogP contribution >= 0.6 is 0 Å². The molecule has 1 fully saturated rings. The minimum atomic E-state index is 0.113. The third-order valence-corrected chi connectivity index (χ3v) is 2.34. The number of ketones is 1. The minimum absolute atomic E-state index is 0.113. The molecule has 0 saturated carbocycles. The molecule has 1 heterocycles. The first-order valence-corrected chi connectivity index (χ1v) is 5.18. The van der Waals surface area contributed by atoms with Crippen molar-refractivity contribution in [2.24, 2.45) is 0 Å². The topological polar surface area (TPSA) is 38.8 Å². The van der Waals surface area contributed by atoms with E-state index in [1.807, 2.05) is 25.1 Å². The number of epoxide rings is 1. The third kappa shape index (κ3) is 2.57. The molecule has 3 nitrogen and oxygen atoms in total. The molecule has 0 N–H and O–H groups in total. The summed E-state index contributed by atoms with van der Waals surface area (Å²) >= 11 is 0. The first-order chi connectivity index (χ1) is 7.31. The van der Waals surface area contributed by atoms with Gasteiger partial charge in [0.1, 0.15) is 18.5 Å². The van der Waals surface area contributed by atoms with E-state index in [0.29, 0.717) is 24.3 Å². The number of carbonyl (C=O) groups excluding carboxylic acids is 1. The molecule has 1 aromatic rings. The van der Waals surface area contributed by atoms with Gasteiger partial charge in [-0.05, 0) is 12.1 Å². The summed E-state index contributed by atoms with van der Waals surface area (Å²) in [6.45, 7) is 3.15. The zero-order chi connectivity index (χ0) is 10.7. The lowest BCUT2D eigenvalue weighted by atomic mass is 10.1. The van der Waals surface area contributed by atoms with Crippen molar-refractivity contribution in [1.82, 2.24) is 0 Å². The average molecular weight is 206 g/mol. The summed E-state index contributed by atoms with van der Waals surface area (Å²) in [6.07, 6.45) is 0.718. The van der Waals surface area contributed by atoms with Crippen LogP contribution in [0.15, 0.2) is 24.3 Å². The second-order valence-corrected chi connectivity index (χ2v) is 3.54. The van der Waals surface area contributed by atoms with Crippen LogP contribution in [0, 0.1) is 0 Å². The smallest absolute Gasteiger partial charge is 0.166 e. The number of rotatable bonds is 5. The van der Waals surface area contributed by atoms with Gasteiger partial charge in [0.15, 0.2) is 5.78 Å². The molecule has 0 bridgehead atoms. The van der Waals surface area contributed by atoms with Gasteiger partial charge in [-0.1, -0.05) is 19.1 Å². The first-order valence-electron chi connectivity index (χ1n) is 5.18. The molecule has 0 radical (unpaired) electrons. The zero-order valence-corrected chi connectivity index (χ0v) is 8.73. The molecule has 1 aliphatic heterocycles. The highest BCUT2D eigenvalue weighted by molar-refractivity contribution is 5.98. The van der Waals surface area contributed by atoms with Gasteiger partial charge in [0, 0.05) is 6.42 Å². The monoisotopic (exact) mass is 206 g/mol. The predicted molar refractivity (Wildman–Crippen MR) is 56.3 cm³/mol. The van der Waals surface area contributed by atoms with Crippen molar-refractivity contribution in [2.75, 3.05) is 13.2 Å². The SMILES string of the molecule is CCC(=O)c1ccccc1OCC1CO1. The summed E-state index contributed by atoms with van der Waals surface area (Å²) in [4.78, 5) is 11.6. The highest BCUT2D eigenvalue weighted by Crippen LogP contribution is 2.21. The quantitative estimate of drug-likeness (QED) is 0.546. The number of ether oxygens (including phenoxy) is 2. The van der Waals surface area contributed by atoms with E-state index in [0.717, 1.165) is 6.61 Å². The molecule has 1 aromatic carbocycles. The van der Waals surface area contributed by atoms with E-state index in [4.69, 9.17) is 9.47 Å². The Bertz CT molecular complexity index is 356. The van der Waals surface area contributed by atoms with Gasteiger partial charge in [-0.3, -0.25) is 4.79 Å². The summed E-state index contributed by atoms with van der Waals surface area (Å²) in [5, 5.41) is 0. The Kier molecular flexibility index (Phi) is 3.02. The van der Waals surface area contributed by atoms with E-state index >= 15 is 0 Å². The standard InChI is InChI=1S/C12H14O3/c1-2-11(13)10-5-3-4-6-12(10)15-8-9-7-14-9/h3-6,9H,2,7-8H2,1H3. The second-order valence-electron chi connectivity index (χ2n) is 3.54. The Morgan fingerprint density at radius 3 is 2.93 bits per heavy atom. The van der Waals surface area contributed by atoms with Gasteiger partial charge in [-0.25, -0.2) is 0 Å². The van der Waals surface area contributed by atoms with E-state index in [9.17, 15) is 4.79 Å². The summed E-state index contributed by atoms with van der Waals surface area (Å²) in [5.74, 6) is 0.780. The number of hydrogen-bond acceptors (Lipinski definition) is 3. The molecule has 0 aliphatic carbocycles. The molecule has 3 heteroatoms. The average Bonchev–Trinajstić information content (AvgIpc) is 3.09. The van der Waals surface area contributed by atoms with E-state index in [2.05, 4.69) is 0 Å². The van der Waals surface area contributed by atoms with Crippen molar-refractivity contribution >= 4 is 5.78 Å². The molecule has 80 valence electrons. The molecular weight excluding hydrogens is 192 g/mol. The molecule has 2 rings (SSSR count). The maximum atomic E-state index is 11.6.